The molecular formula is C23H25ClN4OS2. The van der Waals surface area contributed by atoms with Gasteiger partial charge < -0.3 is 9.88 Å². The fourth-order valence-electron chi connectivity index (χ4n) is 2.96. The minimum Gasteiger partial charge on any atom is -0.325 e. The first-order valence-electron chi connectivity index (χ1n) is 9.81. The Hall–Kier alpha value is -2.22. The van der Waals surface area contributed by atoms with E-state index in [9.17, 15) is 4.79 Å². The van der Waals surface area contributed by atoms with Crippen LogP contribution in [0.25, 0.3) is 0 Å². The summed E-state index contributed by atoms with van der Waals surface area (Å²) >= 11 is 9.08. The highest BCUT2D eigenvalue weighted by atomic mass is 35.5. The predicted molar refractivity (Wildman–Crippen MR) is 132 cm³/mol. The molecule has 0 atom stereocenters. The smallest absolute Gasteiger partial charge is 0.234 e. The Bertz CT molecular complexity index is 1050. The largest absolute Gasteiger partial charge is 0.325 e. The normalized spacial score (nSPS) is 10.8. The Labute approximate surface area is 196 Å². The van der Waals surface area contributed by atoms with Gasteiger partial charge in [0, 0.05) is 23.0 Å². The van der Waals surface area contributed by atoms with Crippen molar-refractivity contribution in [1.82, 2.24) is 14.8 Å². The number of aryl methyl sites for hydroxylation is 2. The van der Waals surface area contributed by atoms with Crippen LogP contribution in [0, 0.1) is 13.8 Å². The molecule has 0 bridgehead atoms. The van der Waals surface area contributed by atoms with Crippen molar-refractivity contribution in [2.45, 2.75) is 37.1 Å². The number of nitrogens with zero attached hydrogens (tertiary/aromatic N) is 3. The second kappa shape index (κ2) is 11.4. The molecule has 0 spiro atoms. The standard InChI is InChI=1S/C23H25ClN4OS2/c1-4-11-28-21(14-30-13-18-6-8-19(24)9-7-18)26-27-23(28)31-15-22(29)25-20-10-5-16(2)12-17(20)3/h4-10,12H,1,11,13-15H2,2-3H3,(H,25,29). The second-order valence-electron chi connectivity index (χ2n) is 7.07. The van der Waals surface area contributed by atoms with Gasteiger partial charge >= 0.3 is 0 Å². The number of hydrogen-bond donors (Lipinski definition) is 1. The van der Waals surface area contributed by atoms with E-state index in [0.29, 0.717) is 6.54 Å². The van der Waals surface area contributed by atoms with E-state index < -0.39 is 0 Å². The molecule has 0 aliphatic rings. The number of aromatic nitrogens is 3. The lowest BCUT2D eigenvalue weighted by Crippen LogP contribution is -2.15. The van der Waals surface area contributed by atoms with Crippen LogP contribution in [0.2, 0.25) is 5.02 Å². The highest BCUT2D eigenvalue weighted by Gasteiger charge is 2.14. The topological polar surface area (TPSA) is 59.8 Å². The van der Waals surface area contributed by atoms with Gasteiger partial charge in [-0.05, 0) is 43.2 Å². The summed E-state index contributed by atoms with van der Waals surface area (Å²) in [5.41, 5.74) is 4.27. The van der Waals surface area contributed by atoms with E-state index in [1.807, 2.05) is 60.9 Å². The number of nitrogens with one attached hydrogen (secondary N) is 1. The van der Waals surface area contributed by atoms with Crippen molar-refractivity contribution in [3.05, 3.63) is 82.7 Å². The van der Waals surface area contributed by atoms with Crippen molar-refractivity contribution >= 4 is 46.7 Å². The fourth-order valence-corrected chi connectivity index (χ4v) is 4.78. The zero-order chi connectivity index (χ0) is 22.2. The molecular weight excluding hydrogens is 448 g/mol. The first-order valence-corrected chi connectivity index (χ1v) is 12.3. The third kappa shape index (κ3) is 6.89. The molecule has 3 aromatic rings. The Kier molecular flexibility index (Phi) is 8.63. The maximum atomic E-state index is 12.4. The van der Waals surface area contributed by atoms with Crippen LogP contribution in [0.3, 0.4) is 0 Å². The average Bonchev–Trinajstić information content (AvgIpc) is 3.12. The number of thioether (sulfide) groups is 2. The summed E-state index contributed by atoms with van der Waals surface area (Å²) in [5.74, 6) is 2.65. The Morgan fingerprint density at radius 3 is 2.65 bits per heavy atom. The van der Waals surface area contributed by atoms with Gasteiger partial charge in [0.1, 0.15) is 5.82 Å². The van der Waals surface area contributed by atoms with Gasteiger partial charge in [0.15, 0.2) is 5.16 Å². The van der Waals surface area contributed by atoms with Crippen LogP contribution < -0.4 is 5.32 Å². The molecule has 0 unspecified atom stereocenters. The third-order valence-electron chi connectivity index (χ3n) is 4.51. The fraction of sp³-hybridized carbons (Fsp3) is 0.261. The number of halogens is 1. The molecule has 0 aliphatic heterocycles. The molecule has 0 saturated heterocycles. The summed E-state index contributed by atoms with van der Waals surface area (Å²) in [6.45, 7) is 8.46. The summed E-state index contributed by atoms with van der Waals surface area (Å²) < 4.78 is 2.01. The third-order valence-corrected chi connectivity index (χ3v) is 6.73. The first-order chi connectivity index (χ1) is 15.0. The van der Waals surface area contributed by atoms with Crippen molar-refractivity contribution in [3.63, 3.8) is 0 Å². The Balaban J connectivity index is 1.56. The second-order valence-corrected chi connectivity index (χ2v) is 9.44. The molecule has 1 aromatic heterocycles. The van der Waals surface area contributed by atoms with Crippen LogP contribution in [0.15, 0.2) is 60.3 Å². The van der Waals surface area contributed by atoms with E-state index >= 15 is 0 Å². The lowest BCUT2D eigenvalue weighted by atomic mass is 10.1. The highest BCUT2D eigenvalue weighted by molar-refractivity contribution is 7.99. The summed E-state index contributed by atoms with van der Waals surface area (Å²) in [6, 6.07) is 13.8. The van der Waals surface area contributed by atoms with Crippen molar-refractivity contribution in [3.8, 4) is 0 Å². The lowest BCUT2D eigenvalue weighted by molar-refractivity contribution is -0.113. The molecule has 1 amide bonds. The molecule has 0 fully saturated rings. The Morgan fingerprint density at radius 1 is 1.16 bits per heavy atom. The van der Waals surface area contributed by atoms with Crippen LogP contribution in [-0.4, -0.2) is 26.4 Å². The van der Waals surface area contributed by atoms with E-state index in [4.69, 9.17) is 11.6 Å². The van der Waals surface area contributed by atoms with E-state index in [1.165, 1.54) is 22.9 Å². The molecule has 0 radical (unpaired) electrons. The number of hydrogen-bond acceptors (Lipinski definition) is 5. The number of carbonyl (C=O) groups is 1. The zero-order valence-corrected chi connectivity index (χ0v) is 20.0. The Morgan fingerprint density at radius 2 is 1.94 bits per heavy atom. The summed E-state index contributed by atoms with van der Waals surface area (Å²) in [5, 5.41) is 13.1. The summed E-state index contributed by atoms with van der Waals surface area (Å²) in [4.78, 5) is 12.4. The van der Waals surface area contributed by atoms with Gasteiger partial charge in [-0.1, -0.05) is 59.3 Å². The van der Waals surface area contributed by atoms with Gasteiger partial charge in [-0.25, -0.2) is 0 Å². The van der Waals surface area contributed by atoms with Crippen LogP contribution in [0.1, 0.15) is 22.5 Å². The quantitative estimate of drug-likeness (QED) is 0.294. The van der Waals surface area contributed by atoms with Crippen molar-refractivity contribution in [2.75, 3.05) is 11.1 Å². The highest BCUT2D eigenvalue weighted by Crippen LogP contribution is 2.23. The summed E-state index contributed by atoms with van der Waals surface area (Å²) in [7, 11) is 0. The molecule has 5 nitrogen and oxygen atoms in total. The first kappa shape index (κ1) is 23.4. The number of allylic oxidation sites excluding steroid dienone is 1. The van der Waals surface area contributed by atoms with Crippen LogP contribution in [0.4, 0.5) is 5.69 Å². The van der Waals surface area contributed by atoms with Gasteiger partial charge in [-0.2, -0.15) is 0 Å². The van der Waals surface area contributed by atoms with Gasteiger partial charge in [-0.15, -0.1) is 28.5 Å². The van der Waals surface area contributed by atoms with Gasteiger partial charge in [0.25, 0.3) is 0 Å². The molecule has 31 heavy (non-hydrogen) atoms. The van der Waals surface area contributed by atoms with Crippen molar-refractivity contribution in [2.24, 2.45) is 0 Å². The van der Waals surface area contributed by atoms with E-state index in [2.05, 4.69) is 28.2 Å². The number of rotatable bonds is 10. The molecule has 1 heterocycles. The van der Waals surface area contributed by atoms with E-state index in [0.717, 1.165) is 38.8 Å². The number of anilines is 1. The lowest BCUT2D eigenvalue weighted by Gasteiger charge is -2.10. The molecule has 8 heteroatoms. The molecule has 1 N–H and O–H groups in total. The van der Waals surface area contributed by atoms with Gasteiger partial charge in [-0.3, -0.25) is 4.79 Å². The van der Waals surface area contributed by atoms with E-state index in [1.54, 1.807) is 11.8 Å². The SMILES string of the molecule is C=CCn1c(CSCc2ccc(Cl)cc2)nnc1SCC(=O)Nc1ccc(C)cc1C. The van der Waals surface area contributed by atoms with E-state index in [-0.39, 0.29) is 11.7 Å². The number of carbonyl (C=O) groups excluding carboxylic acids is 1. The van der Waals surface area contributed by atoms with Gasteiger partial charge in [0.2, 0.25) is 5.91 Å². The molecule has 3 rings (SSSR count). The minimum absolute atomic E-state index is 0.0660. The average molecular weight is 473 g/mol. The zero-order valence-electron chi connectivity index (χ0n) is 17.6. The summed E-state index contributed by atoms with van der Waals surface area (Å²) in [6.07, 6.45) is 1.82. The van der Waals surface area contributed by atoms with Crippen LogP contribution in [-0.2, 0) is 22.8 Å². The van der Waals surface area contributed by atoms with Crippen LogP contribution in [0.5, 0.6) is 0 Å². The molecule has 0 aliphatic carbocycles. The number of benzene rings is 2. The predicted octanol–water partition coefficient (Wildman–Crippen LogP) is 5.90. The number of amides is 1. The molecule has 162 valence electrons. The maximum Gasteiger partial charge on any atom is 0.234 e. The maximum absolute atomic E-state index is 12.4. The van der Waals surface area contributed by atoms with Gasteiger partial charge in [0.05, 0.1) is 11.5 Å². The molecule has 0 saturated carbocycles. The monoisotopic (exact) mass is 472 g/mol. The van der Waals surface area contributed by atoms with Crippen molar-refractivity contribution in [1.29, 1.82) is 0 Å². The minimum atomic E-state index is -0.0660. The molecule has 2 aromatic carbocycles. The van der Waals surface area contributed by atoms with Crippen LogP contribution >= 0.6 is 35.1 Å². The van der Waals surface area contributed by atoms with Crippen molar-refractivity contribution < 1.29 is 4.79 Å².